The van der Waals surface area contributed by atoms with Crippen LogP contribution in [0.3, 0.4) is 0 Å². The minimum Gasteiger partial charge on any atom is -0.366 e. The third kappa shape index (κ3) is 3.37. The molecule has 2 N–H and O–H groups in total. The van der Waals surface area contributed by atoms with Crippen molar-refractivity contribution < 1.29 is 0 Å². The van der Waals surface area contributed by atoms with E-state index in [2.05, 4.69) is 21.7 Å². The lowest BCUT2D eigenvalue weighted by Crippen LogP contribution is -2.38. The zero-order valence-corrected chi connectivity index (χ0v) is 9.76. The fraction of sp³-hybridized carbons (Fsp3) is 0.455. The van der Waals surface area contributed by atoms with Crippen LogP contribution in [0.5, 0.6) is 0 Å². The quantitative estimate of drug-likeness (QED) is 0.821. The molecular formula is C11H15ClN4. The summed E-state index contributed by atoms with van der Waals surface area (Å²) in [4.78, 5) is 4.18. The Morgan fingerprint density at radius 1 is 1.50 bits per heavy atom. The van der Waals surface area contributed by atoms with E-state index in [1.807, 2.05) is 6.07 Å². The summed E-state index contributed by atoms with van der Waals surface area (Å²) in [6.07, 6.45) is 3.97. The molecule has 0 saturated carbocycles. The van der Waals surface area contributed by atoms with E-state index in [-0.39, 0.29) is 12.4 Å². The van der Waals surface area contributed by atoms with Crippen molar-refractivity contribution in [2.45, 2.75) is 18.9 Å². The maximum absolute atomic E-state index is 8.63. The topological polar surface area (TPSA) is 60.7 Å². The molecule has 16 heavy (non-hydrogen) atoms. The first kappa shape index (κ1) is 12.8. The first-order valence-corrected chi connectivity index (χ1v) is 5.22. The lowest BCUT2D eigenvalue weighted by atomic mass is 10.1. The standard InChI is InChI=1S/C11H14N4.ClH/c12-6-9-3-4-11(14-7-9)15-10-2-1-5-13-8-10;/h3-4,7,10,13H,1-2,5,8H2,(H,14,15);1H. The fourth-order valence-corrected chi connectivity index (χ4v) is 1.73. The molecule has 1 saturated heterocycles. The average Bonchev–Trinajstić information content (AvgIpc) is 2.31. The highest BCUT2D eigenvalue weighted by Crippen LogP contribution is 2.10. The van der Waals surface area contributed by atoms with Crippen molar-refractivity contribution in [1.82, 2.24) is 10.3 Å². The molecule has 86 valence electrons. The van der Waals surface area contributed by atoms with Crippen LogP contribution in [0.4, 0.5) is 5.82 Å². The van der Waals surface area contributed by atoms with E-state index in [4.69, 9.17) is 5.26 Å². The van der Waals surface area contributed by atoms with Gasteiger partial charge in [-0.1, -0.05) is 0 Å². The zero-order valence-electron chi connectivity index (χ0n) is 8.94. The molecule has 0 aliphatic carbocycles. The van der Waals surface area contributed by atoms with Gasteiger partial charge in [0.2, 0.25) is 0 Å². The number of hydrogen-bond donors (Lipinski definition) is 2. The van der Waals surface area contributed by atoms with Crippen LogP contribution in [-0.4, -0.2) is 24.1 Å². The van der Waals surface area contributed by atoms with Gasteiger partial charge in [0, 0.05) is 18.8 Å². The fourth-order valence-electron chi connectivity index (χ4n) is 1.73. The SMILES string of the molecule is Cl.N#Cc1ccc(NC2CCCNC2)nc1. The van der Waals surface area contributed by atoms with Crippen LogP contribution in [0, 0.1) is 11.3 Å². The van der Waals surface area contributed by atoms with Gasteiger partial charge in [0.15, 0.2) is 0 Å². The van der Waals surface area contributed by atoms with Gasteiger partial charge in [-0.15, -0.1) is 12.4 Å². The van der Waals surface area contributed by atoms with E-state index < -0.39 is 0 Å². The number of pyridine rings is 1. The molecule has 1 atom stereocenters. The number of aromatic nitrogens is 1. The lowest BCUT2D eigenvalue weighted by molar-refractivity contribution is 0.479. The zero-order chi connectivity index (χ0) is 10.5. The Morgan fingerprint density at radius 2 is 2.38 bits per heavy atom. The van der Waals surface area contributed by atoms with Crippen molar-refractivity contribution in [1.29, 1.82) is 5.26 Å². The summed E-state index contributed by atoms with van der Waals surface area (Å²) in [6, 6.07) is 6.15. The molecule has 0 aromatic carbocycles. The Kier molecular flexibility index (Phi) is 5.03. The number of hydrogen-bond acceptors (Lipinski definition) is 4. The molecule has 1 aromatic rings. The molecular weight excluding hydrogens is 224 g/mol. The molecule has 4 nitrogen and oxygen atoms in total. The number of nitriles is 1. The highest BCUT2D eigenvalue weighted by molar-refractivity contribution is 5.85. The molecule has 1 fully saturated rings. The normalized spacial score (nSPS) is 19.3. The Labute approximate surface area is 101 Å². The molecule has 0 spiro atoms. The average molecular weight is 239 g/mol. The van der Waals surface area contributed by atoms with Crippen molar-refractivity contribution in [3.63, 3.8) is 0 Å². The molecule has 5 heteroatoms. The van der Waals surface area contributed by atoms with Crippen LogP contribution in [0.2, 0.25) is 0 Å². The van der Waals surface area contributed by atoms with Gasteiger partial charge in [-0.25, -0.2) is 4.98 Å². The summed E-state index contributed by atoms with van der Waals surface area (Å²) in [6.45, 7) is 2.10. The second-order valence-corrected chi connectivity index (χ2v) is 3.73. The molecule has 0 bridgehead atoms. The van der Waals surface area contributed by atoms with Crippen LogP contribution in [-0.2, 0) is 0 Å². The highest BCUT2D eigenvalue weighted by Gasteiger charge is 2.12. The monoisotopic (exact) mass is 238 g/mol. The van der Waals surface area contributed by atoms with Gasteiger partial charge in [0.1, 0.15) is 11.9 Å². The number of halogens is 1. The Bertz CT molecular complexity index is 351. The van der Waals surface area contributed by atoms with Crippen LogP contribution in [0.15, 0.2) is 18.3 Å². The first-order chi connectivity index (χ1) is 7.38. The number of piperidine rings is 1. The van der Waals surface area contributed by atoms with E-state index >= 15 is 0 Å². The van der Waals surface area contributed by atoms with Crippen LogP contribution in [0.1, 0.15) is 18.4 Å². The highest BCUT2D eigenvalue weighted by atomic mass is 35.5. The Balaban J connectivity index is 0.00000128. The van der Waals surface area contributed by atoms with Gasteiger partial charge >= 0.3 is 0 Å². The summed E-state index contributed by atoms with van der Waals surface area (Å²) >= 11 is 0. The second kappa shape index (κ2) is 6.31. The number of anilines is 1. The smallest absolute Gasteiger partial charge is 0.126 e. The molecule has 1 aromatic heterocycles. The maximum atomic E-state index is 8.63. The van der Waals surface area contributed by atoms with Gasteiger partial charge in [-0.2, -0.15) is 5.26 Å². The molecule has 2 heterocycles. The van der Waals surface area contributed by atoms with E-state index in [9.17, 15) is 0 Å². The predicted octanol–water partition coefficient (Wildman–Crippen LogP) is 1.54. The van der Waals surface area contributed by atoms with Gasteiger partial charge in [-0.05, 0) is 31.5 Å². The maximum Gasteiger partial charge on any atom is 0.126 e. The molecule has 2 rings (SSSR count). The van der Waals surface area contributed by atoms with Crippen LogP contribution in [0.25, 0.3) is 0 Å². The van der Waals surface area contributed by atoms with Crippen LogP contribution >= 0.6 is 12.4 Å². The van der Waals surface area contributed by atoms with Crippen molar-refractivity contribution >= 4 is 18.2 Å². The summed E-state index contributed by atoms with van der Waals surface area (Å²) in [5.41, 5.74) is 0.599. The minimum absolute atomic E-state index is 0. The largest absolute Gasteiger partial charge is 0.366 e. The predicted molar refractivity (Wildman–Crippen MR) is 65.7 cm³/mol. The molecule has 1 unspecified atom stereocenters. The first-order valence-electron chi connectivity index (χ1n) is 5.22. The molecule has 0 amide bonds. The number of nitrogens with one attached hydrogen (secondary N) is 2. The van der Waals surface area contributed by atoms with Crippen molar-refractivity contribution in [2.75, 3.05) is 18.4 Å². The lowest BCUT2D eigenvalue weighted by Gasteiger charge is -2.24. The van der Waals surface area contributed by atoms with Crippen molar-refractivity contribution in [3.8, 4) is 6.07 Å². The van der Waals surface area contributed by atoms with Gasteiger partial charge in [-0.3, -0.25) is 0 Å². The Morgan fingerprint density at radius 3 is 2.94 bits per heavy atom. The third-order valence-electron chi connectivity index (χ3n) is 2.54. The van der Waals surface area contributed by atoms with E-state index in [0.717, 1.165) is 18.9 Å². The van der Waals surface area contributed by atoms with Gasteiger partial charge < -0.3 is 10.6 Å². The van der Waals surface area contributed by atoms with E-state index in [1.165, 1.54) is 12.8 Å². The second-order valence-electron chi connectivity index (χ2n) is 3.73. The van der Waals surface area contributed by atoms with Crippen molar-refractivity contribution in [2.24, 2.45) is 0 Å². The van der Waals surface area contributed by atoms with Crippen molar-refractivity contribution in [3.05, 3.63) is 23.9 Å². The van der Waals surface area contributed by atoms with E-state index in [0.29, 0.717) is 11.6 Å². The summed E-state index contributed by atoms with van der Waals surface area (Å²) in [7, 11) is 0. The molecule has 1 aliphatic heterocycles. The molecule has 1 aliphatic rings. The van der Waals surface area contributed by atoms with Gasteiger partial charge in [0.05, 0.1) is 5.56 Å². The summed E-state index contributed by atoms with van der Waals surface area (Å²) in [5, 5.41) is 15.3. The number of rotatable bonds is 2. The summed E-state index contributed by atoms with van der Waals surface area (Å²) in [5.74, 6) is 0.850. The Hall–Kier alpha value is -1.31. The summed E-state index contributed by atoms with van der Waals surface area (Å²) < 4.78 is 0. The number of nitrogens with zero attached hydrogens (tertiary/aromatic N) is 2. The van der Waals surface area contributed by atoms with Gasteiger partial charge in [0.25, 0.3) is 0 Å². The third-order valence-corrected chi connectivity index (χ3v) is 2.54. The van der Waals surface area contributed by atoms with E-state index in [1.54, 1.807) is 12.3 Å². The van der Waals surface area contributed by atoms with Crippen LogP contribution < -0.4 is 10.6 Å². The minimum atomic E-state index is 0. The molecule has 0 radical (unpaired) electrons.